The molecule has 0 saturated carbocycles. The van der Waals surface area contributed by atoms with E-state index in [1.807, 2.05) is 12.4 Å². The lowest BCUT2D eigenvalue weighted by molar-refractivity contribution is 0.411. The van der Waals surface area contributed by atoms with E-state index in [4.69, 9.17) is 0 Å². The van der Waals surface area contributed by atoms with Crippen molar-refractivity contribution in [3.05, 3.63) is 42.1 Å². The van der Waals surface area contributed by atoms with Gasteiger partial charge in [0.05, 0.1) is 5.92 Å². The van der Waals surface area contributed by atoms with Crippen LogP contribution in [0.2, 0.25) is 0 Å². The van der Waals surface area contributed by atoms with E-state index in [0.717, 1.165) is 6.17 Å². The lowest BCUT2D eigenvalue weighted by atomic mass is 9.91. The summed E-state index contributed by atoms with van der Waals surface area (Å²) in [7, 11) is 0. The van der Waals surface area contributed by atoms with Gasteiger partial charge in [0.2, 0.25) is 6.17 Å². The van der Waals surface area contributed by atoms with E-state index in [1.54, 1.807) is 0 Å². The minimum Gasteiger partial charge on any atom is -0.0965 e. The summed E-state index contributed by atoms with van der Waals surface area (Å²) >= 11 is 0. The topological polar surface area (TPSA) is 24.7 Å². The molecule has 0 fully saturated rings. The average molecular weight is 382 g/mol. The summed E-state index contributed by atoms with van der Waals surface area (Å²) in [6, 6.07) is 10.9. The third-order valence-electron chi connectivity index (χ3n) is 5.86. The van der Waals surface area contributed by atoms with Crippen LogP contribution in [0.5, 0.6) is 0 Å². The molecular weight excluding hydrogens is 340 g/mol. The molecule has 0 aromatic heterocycles. The number of hydrogen-bond acceptors (Lipinski definition) is 2. The number of unbranched alkanes of at least 4 members (excludes halogenated alkanes) is 10. The summed E-state index contributed by atoms with van der Waals surface area (Å²) in [6.45, 7) is 2.29. The van der Waals surface area contributed by atoms with Crippen LogP contribution in [0.15, 0.2) is 40.3 Å². The molecule has 0 amide bonds. The Bertz CT molecular complexity index is 523. The molecule has 1 aliphatic rings. The van der Waals surface area contributed by atoms with Gasteiger partial charge in [0.1, 0.15) is 0 Å². The maximum Gasteiger partial charge on any atom is 0.243 e. The van der Waals surface area contributed by atoms with Crippen molar-refractivity contribution in [1.29, 1.82) is 0 Å². The minimum absolute atomic E-state index is 0.566. The summed E-state index contributed by atoms with van der Waals surface area (Å²) in [5, 5.41) is 0. The molecule has 0 aliphatic carbocycles. The van der Waals surface area contributed by atoms with E-state index in [2.05, 4.69) is 47.2 Å². The first-order valence-electron chi connectivity index (χ1n) is 11.9. The van der Waals surface area contributed by atoms with Crippen molar-refractivity contribution in [3.63, 3.8) is 0 Å². The summed E-state index contributed by atoms with van der Waals surface area (Å²) in [4.78, 5) is 9.02. The van der Waals surface area contributed by atoms with Crippen LogP contribution in [-0.4, -0.2) is 12.4 Å². The van der Waals surface area contributed by atoms with Crippen LogP contribution < -0.4 is 0 Å². The lowest BCUT2D eigenvalue weighted by Crippen LogP contribution is -2.08. The molecule has 2 heteroatoms. The molecule has 1 aromatic rings. The smallest absolute Gasteiger partial charge is 0.0965 e. The zero-order valence-electron chi connectivity index (χ0n) is 18.1. The van der Waals surface area contributed by atoms with Crippen molar-refractivity contribution >= 4 is 12.4 Å². The third kappa shape index (κ3) is 10.1. The van der Waals surface area contributed by atoms with Crippen LogP contribution >= 0.6 is 0 Å². The van der Waals surface area contributed by atoms with Crippen LogP contribution in [0.1, 0.15) is 102 Å². The zero-order chi connectivity index (χ0) is 19.7. The van der Waals surface area contributed by atoms with Gasteiger partial charge >= 0.3 is 0 Å². The van der Waals surface area contributed by atoms with Crippen molar-refractivity contribution in [3.8, 4) is 0 Å². The van der Waals surface area contributed by atoms with Crippen molar-refractivity contribution in [2.45, 2.75) is 103 Å². The van der Waals surface area contributed by atoms with Crippen molar-refractivity contribution < 1.29 is 0 Å². The van der Waals surface area contributed by atoms with Gasteiger partial charge in [0.15, 0.2) is 12.4 Å². The Morgan fingerprint density at radius 3 is 1.82 bits per heavy atom. The van der Waals surface area contributed by atoms with E-state index in [0.29, 0.717) is 5.92 Å². The highest BCUT2D eigenvalue weighted by atomic mass is 15.0. The first-order valence-corrected chi connectivity index (χ1v) is 11.9. The van der Waals surface area contributed by atoms with E-state index in [-0.39, 0.29) is 0 Å². The van der Waals surface area contributed by atoms with E-state index in [9.17, 15) is 0 Å². The Balaban J connectivity index is 1.54. The third-order valence-corrected chi connectivity index (χ3v) is 5.86. The minimum atomic E-state index is 0.566. The molecule has 1 atom stereocenters. The van der Waals surface area contributed by atoms with Crippen molar-refractivity contribution in [1.82, 2.24) is 0 Å². The molecule has 1 heterocycles. The number of benzene rings is 1. The Hall–Kier alpha value is -1.57. The van der Waals surface area contributed by atoms with Gasteiger partial charge in [-0.1, -0.05) is 118 Å². The van der Waals surface area contributed by atoms with E-state index < -0.39 is 0 Å². The van der Waals surface area contributed by atoms with E-state index in [1.165, 1.54) is 102 Å². The molecule has 154 valence electrons. The number of hydrogen-bond donors (Lipinski definition) is 0. The zero-order valence-corrected chi connectivity index (χ0v) is 18.1. The molecule has 0 radical (unpaired) electrons. The number of aryl methyl sites for hydroxylation is 1. The van der Waals surface area contributed by atoms with Gasteiger partial charge in [-0.05, 0) is 31.2 Å². The fraction of sp³-hybridized carbons (Fsp3) is 0.654. The van der Waals surface area contributed by atoms with Gasteiger partial charge < -0.3 is 0 Å². The molecule has 28 heavy (non-hydrogen) atoms. The van der Waals surface area contributed by atoms with Gasteiger partial charge in [0, 0.05) is 0 Å². The molecule has 0 bridgehead atoms. The van der Waals surface area contributed by atoms with Crippen LogP contribution in [0, 0.1) is 12.1 Å². The maximum atomic E-state index is 4.51. The highest BCUT2D eigenvalue weighted by Gasteiger charge is 2.27. The van der Waals surface area contributed by atoms with Crippen LogP contribution in [0.3, 0.4) is 0 Å². The van der Waals surface area contributed by atoms with Crippen LogP contribution in [0.4, 0.5) is 0 Å². The van der Waals surface area contributed by atoms with Gasteiger partial charge in [0.25, 0.3) is 0 Å². The molecule has 1 aromatic carbocycles. The van der Waals surface area contributed by atoms with Gasteiger partial charge in [-0.15, -0.1) is 0 Å². The molecule has 0 spiro atoms. The molecule has 2 rings (SSSR count). The Kier molecular flexibility index (Phi) is 12.5. The molecule has 2 nitrogen and oxygen atoms in total. The van der Waals surface area contributed by atoms with Crippen molar-refractivity contribution in [2.75, 3.05) is 0 Å². The normalized spacial score (nSPS) is 14.1. The summed E-state index contributed by atoms with van der Waals surface area (Å²) < 4.78 is 0. The summed E-state index contributed by atoms with van der Waals surface area (Å²) in [5.74, 6) is 0.566. The fourth-order valence-corrected chi connectivity index (χ4v) is 4.11. The van der Waals surface area contributed by atoms with E-state index >= 15 is 0 Å². The Morgan fingerprint density at radius 2 is 1.21 bits per heavy atom. The molecule has 0 N–H and O–H groups in total. The fourth-order valence-electron chi connectivity index (χ4n) is 4.11. The highest BCUT2D eigenvalue weighted by molar-refractivity contribution is 6.18. The largest absolute Gasteiger partial charge is 0.243 e. The second kappa shape index (κ2) is 15.4. The molecular formula is C26H41N2+. The predicted octanol–water partition coefficient (Wildman–Crippen LogP) is 7.97. The maximum absolute atomic E-state index is 4.51. The van der Waals surface area contributed by atoms with Crippen molar-refractivity contribution in [2.24, 2.45) is 15.9 Å². The Labute approximate surface area is 174 Å². The monoisotopic (exact) mass is 381 g/mol. The lowest BCUT2D eigenvalue weighted by Gasteiger charge is -2.14. The Morgan fingerprint density at radius 1 is 0.679 bits per heavy atom. The number of rotatable bonds is 17. The highest BCUT2D eigenvalue weighted by Crippen LogP contribution is 2.30. The number of aliphatic imine (C=N–C) groups is 2. The molecule has 1 unspecified atom stereocenters. The first kappa shape index (κ1) is 22.7. The number of nitrogens with zero attached hydrogens (tertiary/aromatic N) is 2. The van der Waals surface area contributed by atoms with Gasteiger partial charge in [-0.3, -0.25) is 0 Å². The second-order valence-electron chi connectivity index (χ2n) is 8.31. The van der Waals surface area contributed by atoms with Gasteiger partial charge in [-0.25, -0.2) is 0 Å². The predicted molar refractivity (Wildman–Crippen MR) is 124 cm³/mol. The van der Waals surface area contributed by atoms with Crippen LogP contribution in [-0.2, 0) is 6.42 Å². The standard InChI is InChI=1S/C26H41N2/c1-2-3-4-5-6-7-8-9-15-20-25(26-27-22-23-28-26)21-16-11-14-19-24-17-12-10-13-18-24/h10,12-13,17-18,22-23,25H,2-9,11,14-16,19-21H2,1H3/q+1. The van der Waals surface area contributed by atoms with Crippen LogP contribution in [0.25, 0.3) is 0 Å². The molecule has 1 aliphatic heterocycles. The summed E-state index contributed by atoms with van der Waals surface area (Å²) in [6.07, 6.45) is 25.0. The quantitative estimate of drug-likeness (QED) is 0.193. The first-order chi connectivity index (χ1) is 13.9. The van der Waals surface area contributed by atoms with Gasteiger partial charge in [-0.2, -0.15) is 0 Å². The summed E-state index contributed by atoms with van der Waals surface area (Å²) in [5.41, 5.74) is 1.47. The second-order valence-corrected chi connectivity index (χ2v) is 8.31. The SMILES string of the molecule is CCCCCCCCCCCC(CCCCCc1ccccc1)[C+]1N=CC=N1. The average Bonchev–Trinajstić information content (AvgIpc) is 3.26. The molecule has 0 saturated heterocycles.